The molecule has 6 heteroatoms. The fraction of sp³-hybridized carbons (Fsp3) is 0.636. The highest BCUT2D eigenvalue weighted by Gasteiger charge is 2.30. The first-order valence-electron chi connectivity index (χ1n) is 5.36. The third-order valence-electron chi connectivity index (χ3n) is 2.36. The van der Waals surface area contributed by atoms with Crippen molar-refractivity contribution in [2.75, 3.05) is 12.4 Å². The summed E-state index contributed by atoms with van der Waals surface area (Å²) >= 11 is 0. The fourth-order valence-corrected chi connectivity index (χ4v) is 1.78. The molecule has 1 rings (SSSR count). The second kappa shape index (κ2) is 4.89. The van der Waals surface area contributed by atoms with E-state index in [0.29, 0.717) is 11.5 Å². The molecule has 1 N–H and O–H groups in total. The van der Waals surface area contributed by atoms with Gasteiger partial charge in [-0.25, -0.2) is 9.97 Å². The first kappa shape index (κ1) is 13.7. The van der Waals surface area contributed by atoms with E-state index in [0.717, 1.165) is 5.56 Å². The lowest BCUT2D eigenvalue weighted by Crippen LogP contribution is -2.17. The van der Waals surface area contributed by atoms with Crippen LogP contribution in [0.4, 0.5) is 19.0 Å². The third-order valence-corrected chi connectivity index (χ3v) is 2.36. The number of halogens is 3. The maximum absolute atomic E-state index is 12.3. The quantitative estimate of drug-likeness (QED) is 0.892. The van der Waals surface area contributed by atoms with E-state index in [1.54, 1.807) is 14.0 Å². The first-order valence-corrected chi connectivity index (χ1v) is 5.36. The fourth-order valence-electron chi connectivity index (χ4n) is 1.78. The van der Waals surface area contributed by atoms with Crippen LogP contribution in [0.3, 0.4) is 0 Å². The Bertz CT molecular complexity index is 400. The van der Waals surface area contributed by atoms with Crippen molar-refractivity contribution in [2.24, 2.45) is 0 Å². The molecule has 0 spiro atoms. The Hall–Kier alpha value is -1.33. The van der Waals surface area contributed by atoms with Crippen LogP contribution in [0.5, 0.6) is 0 Å². The highest BCUT2D eigenvalue weighted by molar-refractivity contribution is 5.47. The molecule has 3 nitrogen and oxygen atoms in total. The van der Waals surface area contributed by atoms with Crippen molar-refractivity contribution in [3.63, 3.8) is 0 Å². The van der Waals surface area contributed by atoms with E-state index in [-0.39, 0.29) is 11.7 Å². The van der Waals surface area contributed by atoms with Gasteiger partial charge in [0.2, 0.25) is 0 Å². The van der Waals surface area contributed by atoms with E-state index in [1.807, 2.05) is 13.8 Å². The lowest BCUT2D eigenvalue weighted by molar-refractivity contribution is -0.128. The summed E-state index contributed by atoms with van der Waals surface area (Å²) in [6.45, 7) is 5.61. The van der Waals surface area contributed by atoms with Gasteiger partial charge in [-0.15, -0.1) is 0 Å². The summed E-state index contributed by atoms with van der Waals surface area (Å²) in [4.78, 5) is 7.83. The maximum atomic E-state index is 12.3. The average Bonchev–Trinajstić information content (AvgIpc) is 2.12. The molecule has 0 aliphatic carbocycles. The molecule has 1 aromatic rings. The van der Waals surface area contributed by atoms with Crippen molar-refractivity contribution in [1.29, 1.82) is 0 Å². The monoisotopic (exact) mass is 247 g/mol. The number of alkyl halides is 3. The van der Waals surface area contributed by atoms with Gasteiger partial charge in [-0.2, -0.15) is 13.2 Å². The van der Waals surface area contributed by atoms with Gasteiger partial charge in [-0.05, 0) is 12.8 Å². The molecule has 17 heavy (non-hydrogen) atoms. The Kier molecular flexibility index (Phi) is 3.95. The zero-order chi connectivity index (χ0) is 13.2. The van der Waals surface area contributed by atoms with E-state index >= 15 is 0 Å². The predicted octanol–water partition coefficient (Wildman–Crippen LogP) is 3.05. The van der Waals surface area contributed by atoms with E-state index in [4.69, 9.17) is 0 Å². The summed E-state index contributed by atoms with van der Waals surface area (Å²) in [5.41, 5.74) is 1.46. The molecule has 0 aromatic carbocycles. The van der Waals surface area contributed by atoms with Crippen LogP contribution in [0.2, 0.25) is 0 Å². The highest BCUT2D eigenvalue weighted by Crippen LogP contribution is 2.27. The summed E-state index contributed by atoms with van der Waals surface area (Å²) in [5, 5.41) is 2.83. The van der Waals surface area contributed by atoms with E-state index < -0.39 is 12.6 Å². The summed E-state index contributed by atoms with van der Waals surface area (Å²) in [7, 11) is 1.64. The molecule has 0 amide bonds. The van der Waals surface area contributed by atoms with Gasteiger partial charge in [-0.1, -0.05) is 13.8 Å². The Balaban J connectivity index is 3.18. The zero-order valence-corrected chi connectivity index (χ0v) is 10.3. The Morgan fingerprint density at radius 1 is 1.24 bits per heavy atom. The minimum atomic E-state index is -4.28. The van der Waals surface area contributed by atoms with Crippen LogP contribution in [-0.4, -0.2) is 23.2 Å². The van der Waals surface area contributed by atoms with Crippen LogP contribution >= 0.6 is 0 Å². The normalized spacial score (nSPS) is 12.0. The molecule has 1 aromatic heterocycles. The van der Waals surface area contributed by atoms with Gasteiger partial charge in [0, 0.05) is 18.3 Å². The van der Waals surface area contributed by atoms with Gasteiger partial charge in [0.05, 0.1) is 0 Å². The van der Waals surface area contributed by atoms with Gasteiger partial charge >= 0.3 is 6.18 Å². The van der Waals surface area contributed by atoms with Crippen LogP contribution < -0.4 is 5.32 Å². The lowest BCUT2D eigenvalue weighted by Gasteiger charge is -2.16. The molecule has 0 radical (unpaired) electrons. The number of anilines is 1. The predicted molar refractivity (Wildman–Crippen MR) is 60.2 cm³/mol. The molecule has 1 heterocycles. The largest absolute Gasteiger partial charge is 0.396 e. The molecule has 0 bridgehead atoms. The number of nitrogens with one attached hydrogen (secondary N) is 1. The molecule has 0 saturated carbocycles. The Morgan fingerprint density at radius 3 is 2.24 bits per heavy atom. The number of hydrogen-bond donors (Lipinski definition) is 1. The summed E-state index contributed by atoms with van der Waals surface area (Å²) in [5.74, 6) is 0.452. The number of aromatic nitrogens is 2. The van der Waals surface area contributed by atoms with Crippen molar-refractivity contribution in [2.45, 2.75) is 39.3 Å². The lowest BCUT2D eigenvalue weighted by atomic mass is 10.0. The SMILES string of the molecule is CNc1nc(CC(F)(F)F)nc(C)c1C(C)C. The number of hydrogen-bond acceptors (Lipinski definition) is 3. The topological polar surface area (TPSA) is 37.8 Å². The molecule has 0 aliphatic rings. The van der Waals surface area contributed by atoms with Crippen LogP contribution in [0.15, 0.2) is 0 Å². The Morgan fingerprint density at radius 2 is 1.82 bits per heavy atom. The molecule has 96 valence electrons. The third kappa shape index (κ3) is 3.57. The van der Waals surface area contributed by atoms with Gasteiger partial charge < -0.3 is 5.32 Å². The van der Waals surface area contributed by atoms with Crippen molar-refractivity contribution in [1.82, 2.24) is 9.97 Å². The van der Waals surface area contributed by atoms with Gasteiger partial charge in [0.1, 0.15) is 18.1 Å². The summed E-state index contributed by atoms with van der Waals surface area (Å²) < 4.78 is 36.8. The minimum Gasteiger partial charge on any atom is -0.373 e. The number of rotatable bonds is 3. The first-order chi connectivity index (χ1) is 7.74. The van der Waals surface area contributed by atoms with Gasteiger partial charge in [0.25, 0.3) is 0 Å². The second-order valence-electron chi connectivity index (χ2n) is 4.18. The number of nitrogens with zero attached hydrogens (tertiary/aromatic N) is 2. The van der Waals surface area contributed by atoms with E-state index in [1.165, 1.54) is 0 Å². The molecule has 0 unspecified atom stereocenters. The molecular weight excluding hydrogens is 231 g/mol. The minimum absolute atomic E-state index is 0.164. The van der Waals surface area contributed by atoms with Crippen LogP contribution in [-0.2, 0) is 6.42 Å². The van der Waals surface area contributed by atoms with Crippen molar-refractivity contribution in [3.8, 4) is 0 Å². The van der Waals surface area contributed by atoms with Crippen molar-refractivity contribution < 1.29 is 13.2 Å². The molecule has 0 fully saturated rings. The van der Waals surface area contributed by atoms with Crippen molar-refractivity contribution in [3.05, 3.63) is 17.1 Å². The zero-order valence-electron chi connectivity index (χ0n) is 10.3. The molecule has 0 atom stereocenters. The van der Waals surface area contributed by atoms with E-state index in [2.05, 4.69) is 15.3 Å². The second-order valence-corrected chi connectivity index (χ2v) is 4.18. The summed E-state index contributed by atoms with van der Waals surface area (Å²) in [6, 6.07) is 0. The standard InChI is InChI=1S/C11H16F3N3/c1-6(2)9-7(3)16-8(5-11(12,13)14)17-10(9)15-4/h6H,5H2,1-4H3,(H,15,16,17). The summed E-state index contributed by atoms with van der Waals surface area (Å²) in [6.07, 6.45) is -5.38. The van der Waals surface area contributed by atoms with E-state index in [9.17, 15) is 13.2 Å². The average molecular weight is 247 g/mol. The molecule has 0 saturated heterocycles. The van der Waals surface area contributed by atoms with Crippen molar-refractivity contribution >= 4 is 5.82 Å². The van der Waals surface area contributed by atoms with Gasteiger partial charge in [0.15, 0.2) is 0 Å². The molecular formula is C11H16F3N3. The highest BCUT2D eigenvalue weighted by atomic mass is 19.4. The van der Waals surface area contributed by atoms with Crippen LogP contribution in [0.1, 0.15) is 36.8 Å². The smallest absolute Gasteiger partial charge is 0.373 e. The maximum Gasteiger partial charge on any atom is 0.396 e. The number of aryl methyl sites for hydroxylation is 1. The Labute approximate surface area is 98.5 Å². The molecule has 0 aliphatic heterocycles. The van der Waals surface area contributed by atoms with Crippen LogP contribution in [0, 0.1) is 6.92 Å². The van der Waals surface area contributed by atoms with Gasteiger partial charge in [-0.3, -0.25) is 0 Å². The van der Waals surface area contributed by atoms with Crippen LogP contribution in [0.25, 0.3) is 0 Å².